The Bertz CT molecular complexity index is 723. The van der Waals surface area contributed by atoms with Crippen LogP contribution >= 0.6 is 11.8 Å². The maximum Gasteiger partial charge on any atom is 0.236 e. The van der Waals surface area contributed by atoms with Gasteiger partial charge in [-0.1, -0.05) is 17.8 Å². The fraction of sp³-hybridized carbons (Fsp3) is 0.429. The molecule has 9 heteroatoms. The lowest BCUT2D eigenvalue weighted by Crippen LogP contribution is -2.42. The van der Waals surface area contributed by atoms with E-state index in [0.29, 0.717) is 17.3 Å². The van der Waals surface area contributed by atoms with Crippen molar-refractivity contribution in [1.29, 1.82) is 0 Å². The van der Waals surface area contributed by atoms with Crippen LogP contribution in [0.1, 0.15) is 18.4 Å². The Balaban J connectivity index is 1.71. The van der Waals surface area contributed by atoms with Crippen molar-refractivity contribution in [3.8, 4) is 0 Å². The third kappa shape index (κ3) is 3.49. The number of carbonyl (C=O) groups excluding carboxylic acids is 1. The Hall–Kier alpha value is -2.03. The second kappa shape index (κ2) is 6.61. The van der Waals surface area contributed by atoms with Gasteiger partial charge in [0.15, 0.2) is 0 Å². The van der Waals surface area contributed by atoms with Crippen LogP contribution in [0.25, 0.3) is 0 Å². The third-order valence-corrected chi connectivity index (χ3v) is 4.97. The lowest BCUT2D eigenvalue weighted by molar-refractivity contribution is -0.133. The summed E-state index contributed by atoms with van der Waals surface area (Å²) < 4.78 is 28.3. The molecule has 3 rings (SSSR count). The molecular weight excluding hydrogens is 324 g/mol. The van der Waals surface area contributed by atoms with Crippen molar-refractivity contribution in [1.82, 2.24) is 25.1 Å². The average Bonchev–Trinajstić information content (AvgIpc) is 2.91. The summed E-state index contributed by atoms with van der Waals surface area (Å²) in [6.07, 6.45) is 1.54. The lowest BCUT2D eigenvalue weighted by Gasteiger charge is -2.31. The highest BCUT2D eigenvalue weighted by atomic mass is 32.2. The molecule has 1 fully saturated rings. The van der Waals surface area contributed by atoms with Crippen LogP contribution < -0.4 is 0 Å². The first kappa shape index (κ1) is 15.9. The summed E-state index contributed by atoms with van der Waals surface area (Å²) in [7, 11) is 1.71. The standard InChI is InChI=1S/C14H15F2N5OS/c1-20-14(17-18-19-20)23-12-3-2-6-21(13(12)22)8-9-4-5-10(15)7-11(9)16/h4-5,7,12H,2-3,6,8H2,1H3. The average molecular weight is 339 g/mol. The molecule has 0 aliphatic carbocycles. The summed E-state index contributed by atoms with van der Waals surface area (Å²) in [5, 5.41) is 11.4. The number of aromatic nitrogens is 4. The number of hydrogen-bond acceptors (Lipinski definition) is 5. The zero-order valence-electron chi connectivity index (χ0n) is 12.4. The van der Waals surface area contributed by atoms with Crippen LogP contribution in [-0.4, -0.2) is 42.8 Å². The molecule has 2 heterocycles. The van der Waals surface area contributed by atoms with Crippen molar-refractivity contribution in [2.24, 2.45) is 7.05 Å². The Morgan fingerprint density at radius 2 is 2.22 bits per heavy atom. The van der Waals surface area contributed by atoms with Crippen molar-refractivity contribution in [3.63, 3.8) is 0 Å². The van der Waals surface area contributed by atoms with Gasteiger partial charge in [-0.3, -0.25) is 4.79 Å². The number of benzene rings is 1. The molecule has 0 N–H and O–H groups in total. The van der Waals surface area contributed by atoms with Crippen LogP contribution in [0.3, 0.4) is 0 Å². The van der Waals surface area contributed by atoms with E-state index in [0.717, 1.165) is 18.9 Å². The van der Waals surface area contributed by atoms with Gasteiger partial charge in [0.25, 0.3) is 0 Å². The number of likely N-dealkylation sites (tertiary alicyclic amines) is 1. The molecule has 1 aliphatic heterocycles. The zero-order valence-corrected chi connectivity index (χ0v) is 13.3. The van der Waals surface area contributed by atoms with Crippen molar-refractivity contribution >= 4 is 17.7 Å². The van der Waals surface area contributed by atoms with E-state index in [1.165, 1.54) is 28.6 Å². The van der Waals surface area contributed by atoms with Crippen molar-refractivity contribution in [3.05, 3.63) is 35.4 Å². The molecular formula is C14H15F2N5OS. The number of rotatable bonds is 4. The summed E-state index contributed by atoms with van der Waals surface area (Å²) in [6.45, 7) is 0.697. The minimum absolute atomic E-state index is 0.0759. The molecule has 23 heavy (non-hydrogen) atoms. The van der Waals surface area contributed by atoms with Crippen LogP contribution in [-0.2, 0) is 18.4 Å². The largest absolute Gasteiger partial charge is 0.337 e. The van der Waals surface area contributed by atoms with Gasteiger partial charge in [-0.25, -0.2) is 13.5 Å². The molecule has 1 aromatic heterocycles. The minimum Gasteiger partial charge on any atom is -0.337 e. The second-order valence-electron chi connectivity index (χ2n) is 5.33. The predicted octanol–water partition coefficient (Wildman–Crippen LogP) is 1.77. The summed E-state index contributed by atoms with van der Waals surface area (Å²) in [5.41, 5.74) is 0.311. The summed E-state index contributed by atoms with van der Waals surface area (Å²) in [6, 6.07) is 3.41. The Kier molecular flexibility index (Phi) is 4.56. The van der Waals surface area contributed by atoms with Gasteiger partial charge < -0.3 is 4.90 Å². The molecule has 1 saturated heterocycles. The molecule has 0 spiro atoms. The molecule has 0 saturated carbocycles. The molecule has 1 aromatic carbocycles. The van der Waals surface area contributed by atoms with E-state index in [-0.39, 0.29) is 17.7 Å². The Labute approximate surface area is 135 Å². The molecule has 1 amide bonds. The summed E-state index contributed by atoms with van der Waals surface area (Å²) >= 11 is 1.31. The van der Waals surface area contributed by atoms with Crippen LogP contribution in [0, 0.1) is 11.6 Å². The highest BCUT2D eigenvalue weighted by molar-refractivity contribution is 8.00. The van der Waals surface area contributed by atoms with Gasteiger partial charge in [0.1, 0.15) is 11.6 Å². The fourth-order valence-corrected chi connectivity index (χ4v) is 3.54. The lowest BCUT2D eigenvalue weighted by atomic mass is 10.1. The van der Waals surface area contributed by atoms with E-state index < -0.39 is 11.6 Å². The zero-order chi connectivity index (χ0) is 16.4. The number of thioether (sulfide) groups is 1. The minimum atomic E-state index is -0.634. The maximum absolute atomic E-state index is 13.8. The first-order valence-corrected chi connectivity index (χ1v) is 8.04. The predicted molar refractivity (Wildman–Crippen MR) is 79.5 cm³/mol. The molecule has 1 unspecified atom stereocenters. The normalized spacial score (nSPS) is 18.5. The number of hydrogen-bond donors (Lipinski definition) is 0. The van der Waals surface area contributed by atoms with Crippen LogP contribution in [0.4, 0.5) is 8.78 Å². The van der Waals surface area contributed by atoms with Gasteiger partial charge in [0.05, 0.1) is 5.25 Å². The molecule has 0 radical (unpaired) electrons. The number of piperidine rings is 1. The SMILES string of the molecule is Cn1nnnc1SC1CCCN(Cc2ccc(F)cc2F)C1=O. The fourth-order valence-electron chi connectivity index (χ4n) is 2.48. The van der Waals surface area contributed by atoms with Crippen molar-refractivity contribution in [2.45, 2.75) is 29.8 Å². The van der Waals surface area contributed by atoms with Crippen molar-refractivity contribution in [2.75, 3.05) is 6.54 Å². The van der Waals surface area contributed by atoms with E-state index in [4.69, 9.17) is 0 Å². The number of nitrogens with zero attached hydrogens (tertiary/aromatic N) is 5. The smallest absolute Gasteiger partial charge is 0.236 e. The van der Waals surface area contributed by atoms with Gasteiger partial charge in [0.2, 0.25) is 11.1 Å². The van der Waals surface area contributed by atoms with E-state index in [1.54, 1.807) is 11.9 Å². The molecule has 2 aromatic rings. The van der Waals surface area contributed by atoms with E-state index in [2.05, 4.69) is 15.5 Å². The quantitative estimate of drug-likeness (QED) is 0.849. The monoisotopic (exact) mass is 339 g/mol. The molecule has 0 bridgehead atoms. The van der Waals surface area contributed by atoms with E-state index >= 15 is 0 Å². The van der Waals surface area contributed by atoms with Crippen LogP contribution in [0.2, 0.25) is 0 Å². The summed E-state index contributed by atoms with van der Waals surface area (Å²) in [5.74, 6) is -1.34. The highest BCUT2D eigenvalue weighted by Gasteiger charge is 2.31. The van der Waals surface area contributed by atoms with Crippen LogP contribution in [0.15, 0.2) is 23.4 Å². The Morgan fingerprint density at radius 1 is 1.39 bits per heavy atom. The van der Waals surface area contributed by atoms with Gasteiger partial charge in [-0.15, -0.1) is 5.10 Å². The van der Waals surface area contributed by atoms with Gasteiger partial charge in [0, 0.05) is 31.8 Å². The van der Waals surface area contributed by atoms with E-state index in [9.17, 15) is 13.6 Å². The highest BCUT2D eigenvalue weighted by Crippen LogP contribution is 2.29. The molecule has 122 valence electrons. The van der Waals surface area contributed by atoms with Crippen molar-refractivity contribution < 1.29 is 13.6 Å². The van der Waals surface area contributed by atoms with Crippen LogP contribution in [0.5, 0.6) is 0 Å². The number of halogens is 2. The van der Waals surface area contributed by atoms with Gasteiger partial charge >= 0.3 is 0 Å². The molecule has 6 nitrogen and oxygen atoms in total. The first-order valence-electron chi connectivity index (χ1n) is 7.16. The topological polar surface area (TPSA) is 63.9 Å². The summed E-state index contributed by atoms with van der Waals surface area (Å²) in [4.78, 5) is 14.2. The number of amides is 1. The van der Waals surface area contributed by atoms with Gasteiger partial charge in [-0.05, 0) is 29.3 Å². The second-order valence-corrected chi connectivity index (χ2v) is 6.50. The van der Waals surface area contributed by atoms with E-state index in [1.807, 2.05) is 0 Å². The third-order valence-electron chi connectivity index (χ3n) is 3.69. The molecule has 1 atom stereocenters. The Morgan fingerprint density at radius 3 is 2.91 bits per heavy atom. The maximum atomic E-state index is 13.8. The number of carbonyl (C=O) groups is 1. The first-order chi connectivity index (χ1) is 11.0. The molecule has 1 aliphatic rings. The number of aryl methyl sites for hydroxylation is 1. The number of tetrazole rings is 1. The van der Waals surface area contributed by atoms with Gasteiger partial charge in [-0.2, -0.15) is 0 Å².